The molecule has 5 heteroatoms. The van der Waals surface area contributed by atoms with Crippen LogP contribution >= 0.6 is 11.6 Å². The van der Waals surface area contributed by atoms with E-state index in [1.807, 2.05) is 0 Å². The van der Waals surface area contributed by atoms with Gasteiger partial charge in [-0.05, 0) is 30.3 Å². The van der Waals surface area contributed by atoms with Crippen LogP contribution in [0.25, 0.3) is 0 Å². The molecule has 17 heavy (non-hydrogen) atoms. The molecule has 0 aliphatic carbocycles. The summed E-state index contributed by atoms with van der Waals surface area (Å²) in [6.07, 6.45) is 0. The molecule has 0 bridgehead atoms. The van der Waals surface area contributed by atoms with Gasteiger partial charge < -0.3 is 15.6 Å². The van der Waals surface area contributed by atoms with Crippen molar-refractivity contribution in [1.29, 1.82) is 0 Å². The first-order valence-corrected chi connectivity index (χ1v) is 5.15. The van der Waals surface area contributed by atoms with E-state index >= 15 is 0 Å². The van der Waals surface area contributed by atoms with Gasteiger partial charge in [-0.3, -0.25) is 0 Å². The van der Waals surface area contributed by atoms with Crippen molar-refractivity contribution in [3.05, 3.63) is 47.2 Å². The molecule has 0 radical (unpaired) electrons. The van der Waals surface area contributed by atoms with Gasteiger partial charge in [-0.15, -0.1) is 0 Å². The third kappa shape index (κ3) is 2.60. The Morgan fingerprint density at radius 1 is 1.12 bits per heavy atom. The smallest absolute Gasteiger partial charge is 0.172 e. The Morgan fingerprint density at radius 3 is 2.59 bits per heavy atom. The van der Waals surface area contributed by atoms with Gasteiger partial charge in [-0.25, -0.2) is 4.39 Å². The SMILES string of the molecule is Nc1ccc(Oc2cc(F)ccc2O)c(Cl)c1. The number of hydrogen-bond donors (Lipinski definition) is 2. The molecule has 2 rings (SSSR count). The number of halogens is 2. The average Bonchev–Trinajstić information content (AvgIpc) is 2.27. The normalized spacial score (nSPS) is 10.2. The third-order valence-corrected chi connectivity index (χ3v) is 2.39. The molecular formula is C12H9ClFNO2. The lowest BCUT2D eigenvalue weighted by molar-refractivity contribution is 0.407. The molecule has 88 valence electrons. The average molecular weight is 254 g/mol. The van der Waals surface area contributed by atoms with Crippen LogP contribution in [-0.2, 0) is 0 Å². The fraction of sp³-hybridized carbons (Fsp3) is 0. The molecule has 0 spiro atoms. The van der Waals surface area contributed by atoms with Crippen molar-refractivity contribution in [2.45, 2.75) is 0 Å². The van der Waals surface area contributed by atoms with Crippen LogP contribution < -0.4 is 10.5 Å². The Bertz CT molecular complexity index is 560. The largest absolute Gasteiger partial charge is 0.504 e. The summed E-state index contributed by atoms with van der Waals surface area (Å²) in [4.78, 5) is 0. The number of ether oxygens (including phenoxy) is 1. The summed E-state index contributed by atoms with van der Waals surface area (Å²) in [5.74, 6) is -0.387. The Balaban J connectivity index is 2.34. The Morgan fingerprint density at radius 2 is 1.88 bits per heavy atom. The molecule has 2 aromatic carbocycles. The van der Waals surface area contributed by atoms with Gasteiger partial charge in [0.25, 0.3) is 0 Å². The monoisotopic (exact) mass is 253 g/mol. The van der Waals surface area contributed by atoms with Crippen LogP contribution in [0.2, 0.25) is 5.02 Å². The zero-order chi connectivity index (χ0) is 12.4. The van der Waals surface area contributed by atoms with Crippen molar-refractivity contribution < 1.29 is 14.2 Å². The van der Waals surface area contributed by atoms with Crippen LogP contribution in [0.4, 0.5) is 10.1 Å². The lowest BCUT2D eigenvalue weighted by Crippen LogP contribution is -1.89. The molecule has 0 amide bonds. The van der Waals surface area contributed by atoms with Crippen molar-refractivity contribution in [3.8, 4) is 17.2 Å². The molecular weight excluding hydrogens is 245 g/mol. The molecule has 0 heterocycles. The van der Waals surface area contributed by atoms with Crippen molar-refractivity contribution in [1.82, 2.24) is 0 Å². The van der Waals surface area contributed by atoms with Gasteiger partial charge in [-0.2, -0.15) is 0 Å². The fourth-order valence-electron chi connectivity index (χ4n) is 1.29. The molecule has 0 saturated heterocycles. The number of rotatable bonds is 2. The second-order valence-electron chi connectivity index (χ2n) is 3.40. The maximum atomic E-state index is 13.0. The molecule has 0 aromatic heterocycles. The minimum Gasteiger partial charge on any atom is -0.504 e. The third-order valence-electron chi connectivity index (χ3n) is 2.10. The quantitative estimate of drug-likeness (QED) is 0.805. The highest BCUT2D eigenvalue weighted by Crippen LogP contribution is 2.35. The number of nitrogen functional groups attached to an aromatic ring is 1. The minimum absolute atomic E-state index is 0.00308. The van der Waals surface area contributed by atoms with Crippen LogP contribution in [0.5, 0.6) is 17.2 Å². The van der Waals surface area contributed by atoms with Crippen LogP contribution in [0.15, 0.2) is 36.4 Å². The lowest BCUT2D eigenvalue weighted by Gasteiger charge is -2.09. The van der Waals surface area contributed by atoms with E-state index < -0.39 is 5.82 Å². The number of anilines is 1. The maximum absolute atomic E-state index is 13.0. The zero-order valence-electron chi connectivity index (χ0n) is 8.65. The molecule has 3 nitrogen and oxygen atoms in total. The van der Waals surface area contributed by atoms with Crippen molar-refractivity contribution in [2.24, 2.45) is 0 Å². The van der Waals surface area contributed by atoms with Gasteiger partial charge in [-0.1, -0.05) is 11.6 Å². The van der Waals surface area contributed by atoms with Gasteiger partial charge >= 0.3 is 0 Å². The number of hydrogen-bond acceptors (Lipinski definition) is 3. The molecule has 0 unspecified atom stereocenters. The van der Waals surface area contributed by atoms with Crippen molar-refractivity contribution in [3.63, 3.8) is 0 Å². The van der Waals surface area contributed by atoms with Gasteiger partial charge in [0.2, 0.25) is 0 Å². The first-order valence-electron chi connectivity index (χ1n) is 4.77. The van der Waals surface area contributed by atoms with E-state index in [0.717, 1.165) is 12.1 Å². The molecule has 2 aromatic rings. The summed E-state index contributed by atoms with van der Waals surface area (Å²) in [6, 6.07) is 8.05. The van der Waals surface area contributed by atoms with Crippen LogP contribution in [0.3, 0.4) is 0 Å². The topological polar surface area (TPSA) is 55.5 Å². The summed E-state index contributed by atoms with van der Waals surface area (Å²) in [7, 11) is 0. The van der Waals surface area contributed by atoms with Crippen LogP contribution in [0, 0.1) is 5.82 Å². The highest BCUT2D eigenvalue weighted by Gasteiger charge is 2.08. The van der Waals surface area contributed by atoms with Crippen LogP contribution in [-0.4, -0.2) is 5.11 Å². The highest BCUT2D eigenvalue weighted by molar-refractivity contribution is 6.32. The van der Waals surface area contributed by atoms with Crippen LogP contribution in [0.1, 0.15) is 0 Å². The molecule has 3 N–H and O–H groups in total. The predicted octanol–water partition coefficient (Wildman–Crippen LogP) is 3.56. The van der Waals surface area contributed by atoms with E-state index in [0.29, 0.717) is 11.4 Å². The zero-order valence-corrected chi connectivity index (χ0v) is 9.41. The Hall–Kier alpha value is -1.94. The lowest BCUT2D eigenvalue weighted by atomic mass is 10.3. The van der Waals surface area contributed by atoms with Gasteiger partial charge in [0.15, 0.2) is 11.5 Å². The minimum atomic E-state index is -0.510. The number of phenolic OH excluding ortho intramolecular Hbond substituents is 1. The standard InChI is InChI=1S/C12H9ClFNO2/c13-9-6-8(15)2-4-11(9)17-12-5-7(14)1-3-10(12)16/h1-6,16H,15H2. The van der Waals surface area contributed by atoms with Gasteiger partial charge in [0.1, 0.15) is 11.6 Å². The summed E-state index contributed by atoms with van der Waals surface area (Å²) in [5.41, 5.74) is 6.02. The molecule has 0 atom stereocenters. The fourth-order valence-corrected chi connectivity index (χ4v) is 1.52. The number of aromatic hydroxyl groups is 1. The van der Waals surface area contributed by atoms with E-state index in [9.17, 15) is 9.50 Å². The second-order valence-corrected chi connectivity index (χ2v) is 3.81. The van der Waals surface area contributed by atoms with Crippen molar-refractivity contribution >= 4 is 17.3 Å². The summed E-state index contributed by atoms with van der Waals surface area (Å²) in [6.45, 7) is 0. The highest BCUT2D eigenvalue weighted by atomic mass is 35.5. The summed E-state index contributed by atoms with van der Waals surface area (Å²) < 4.78 is 18.3. The number of benzene rings is 2. The Kier molecular flexibility index (Phi) is 3.06. The molecule has 0 fully saturated rings. The maximum Gasteiger partial charge on any atom is 0.172 e. The first-order chi connectivity index (χ1) is 8.06. The summed E-state index contributed by atoms with van der Waals surface area (Å²) in [5, 5.41) is 9.77. The predicted molar refractivity (Wildman–Crippen MR) is 64.0 cm³/mol. The van der Waals surface area contributed by atoms with E-state index in [2.05, 4.69) is 0 Å². The van der Waals surface area contributed by atoms with Gasteiger partial charge in [0.05, 0.1) is 5.02 Å². The second kappa shape index (κ2) is 4.51. The molecule has 0 aliphatic heterocycles. The first kappa shape index (κ1) is 11.5. The van der Waals surface area contributed by atoms with Gasteiger partial charge in [0, 0.05) is 11.8 Å². The number of phenols is 1. The summed E-state index contributed by atoms with van der Waals surface area (Å²) >= 11 is 5.89. The van der Waals surface area contributed by atoms with E-state index in [-0.39, 0.29) is 16.5 Å². The van der Waals surface area contributed by atoms with E-state index in [1.165, 1.54) is 12.1 Å². The molecule has 0 aliphatic rings. The number of nitrogens with two attached hydrogens (primary N) is 1. The van der Waals surface area contributed by atoms with Crippen molar-refractivity contribution in [2.75, 3.05) is 5.73 Å². The molecule has 0 saturated carbocycles. The Labute approximate surface area is 102 Å². The van der Waals surface area contributed by atoms with E-state index in [4.69, 9.17) is 22.1 Å². The van der Waals surface area contributed by atoms with E-state index in [1.54, 1.807) is 12.1 Å².